The van der Waals surface area contributed by atoms with Crippen LogP contribution in [0, 0.1) is 0 Å². The second kappa shape index (κ2) is 6.87. The van der Waals surface area contributed by atoms with Gasteiger partial charge in [-0.2, -0.15) is 0 Å². The molecule has 0 bridgehead atoms. The van der Waals surface area contributed by atoms with Crippen LogP contribution in [0.15, 0.2) is 55.9 Å². The van der Waals surface area contributed by atoms with Gasteiger partial charge in [0.25, 0.3) is 0 Å². The molecule has 0 heterocycles. The molecule has 20 heavy (non-hydrogen) atoms. The van der Waals surface area contributed by atoms with E-state index in [9.17, 15) is 4.79 Å². The predicted molar refractivity (Wildman–Crippen MR) is 90.4 cm³/mol. The van der Waals surface area contributed by atoms with E-state index in [-0.39, 0.29) is 5.78 Å². The Hall–Kier alpha value is -0.650. The number of carbonyl (C=O) groups excluding carboxylic acids is 1. The molecule has 0 aliphatic heterocycles. The monoisotopic (exact) mass is 460 g/mol. The summed E-state index contributed by atoms with van der Waals surface area (Å²) in [5, 5.41) is 0. The lowest BCUT2D eigenvalue weighted by Crippen LogP contribution is -2.24. The molecule has 0 saturated heterocycles. The molecule has 0 aliphatic rings. The average molecular weight is 463 g/mol. The van der Waals surface area contributed by atoms with E-state index in [2.05, 4.69) is 47.8 Å². The highest BCUT2D eigenvalue weighted by Gasteiger charge is 2.17. The lowest BCUT2D eigenvalue weighted by molar-refractivity contribution is 0.0817. The molecule has 0 aliphatic carbocycles. The standard InChI is InChI=1S/C15H11Br3O2/c1-9(15(19)10-2-4-11(16)5-3-10)20-14-7-6-12(17)8-13(14)18/h2-9H,1H3. The number of hydrogen-bond acceptors (Lipinski definition) is 2. The van der Waals surface area contributed by atoms with Crippen LogP contribution in [-0.2, 0) is 0 Å². The van der Waals surface area contributed by atoms with Gasteiger partial charge in [-0.15, -0.1) is 0 Å². The Morgan fingerprint density at radius 2 is 1.60 bits per heavy atom. The summed E-state index contributed by atoms with van der Waals surface area (Å²) in [5.41, 5.74) is 0.633. The Bertz CT molecular complexity index is 624. The van der Waals surface area contributed by atoms with Crippen molar-refractivity contribution >= 4 is 53.6 Å². The first-order valence-corrected chi connectivity index (χ1v) is 8.27. The van der Waals surface area contributed by atoms with E-state index < -0.39 is 6.10 Å². The lowest BCUT2D eigenvalue weighted by Gasteiger charge is -2.15. The average Bonchev–Trinajstić information content (AvgIpc) is 2.42. The maximum Gasteiger partial charge on any atom is 0.202 e. The second-order valence-electron chi connectivity index (χ2n) is 4.21. The molecule has 2 aromatic rings. The van der Waals surface area contributed by atoms with Crippen molar-refractivity contribution in [1.29, 1.82) is 0 Å². The number of halogens is 3. The summed E-state index contributed by atoms with van der Waals surface area (Å²) in [5.74, 6) is 0.596. The molecule has 2 aromatic carbocycles. The lowest BCUT2D eigenvalue weighted by atomic mass is 10.1. The maximum atomic E-state index is 12.3. The van der Waals surface area contributed by atoms with Gasteiger partial charge in [-0.25, -0.2) is 0 Å². The zero-order chi connectivity index (χ0) is 14.7. The number of ketones is 1. The van der Waals surface area contributed by atoms with Gasteiger partial charge < -0.3 is 4.74 Å². The fourth-order valence-corrected chi connectivity index (χ4v) is 3.07. The second-order valence-corrected chi connectivity index (χ2v) is 6.89. The summed E-state index contributed by atoms with van der Waals surface area (Å²) in [6, 6.07) is 12.8. The molecule has 0 saturated carbocycles. The predicted octanol–water partition coefficient (Wildman–Crippen LogP) is 5.62. The topological polar surface area (TPSA) is 26.3 Å². The molecule has 104 valence electrons. The third-order valence-electron chi connectivity index (χ3n) is 2.70. The summed E-state index contributed by atoms with van der Waals surface area (Å²) in [7, 11) is 0. The molecule has 5 heteroatoms. The molecule has 1 atom stereocenters. The highest BCUT2D eigenvalue weighted by atomic mass is 79.9. The van der Waals surface area contributed by atoms with Crippen molar-refractivity contribution in [2.75, 3.05) is 0 Å². The zero-order valence-corrected chi connectivity index (χ0v) is 15.3. The molecule has 0 spiro atoms. The Balaban J connectivity index is 2.13. The van der Waals surface area contributed by atoms with Crippen molar-refractivity contribution in [2.45, 2.75) is 13.0 Å². The number of ether oxygens (including phenoxy) is 1. The molecule has 2 rings (SSSR count). The summed E-state index contributed by atoms with van der Waals surface area (Å²) in [4.78, 5) is 12.3. The van der Waals surface area contributed by atoms with Crippen LogP contribution in [-0.4, -0.2) is 11.9 Å². The summed E-state index contributed by atoms with van der Waals surface area (Å²) < 4.78 is 8.42. The quantitative estimate of drug-likeness (QED) is 0.551. The number of rotatable bonds is 4. The van der Waals surface area contributed by atoms with Crippen molar-refractivity contribution in [1.82, 2.24) is 0 Å². The van der Waals surface area contributed by atoms with Crippen LogP contribution in [0.25, 0.3) is 0 Å². The van der Waals surface area contributed by atoms with E-state index in [1.807, 2.05) is 30.3 Å². The van der Waals surface area contributed by atoms with Crippen molar-refractivity contribution in [2.24, 2.45) is 0 Å². The van der Waals surface area contributed by atoms with Crippen LogP contribution >= 0.6 is 47.8 Å². The van der Waals surface area contributed by atoms with E-state index in [0.717, 1.165) is 13.4 Å². The number of carbonyl (C=O) groups is 1. The first-order valence-electron chi connectivity index (χ1n) is 5.89. The van der Waals surface area contributed by atoms with Gasteiger partial charge in [-0.05, 0) is 53.2 Å². The number of Topliss-reactive ketones (excluding diaryl/α,β-unsaturated/α-hetero) is 1. The summed E-state index contributed by atoms with van der Waals surface area (Å²) in [6.45, 7) is 1.75. The van der Waals surface area contributed by atoms with E-state index in [1.165, 1.54) is 0 Å². The molecular weight excluding hydrogens is 452 g/mol. The van der Waals surface area contributed by atoms with Crippen LogP contribution in [0.2, 0.25) is 0 Å². The van der Waals surface area contributed by atoms with Gasteiger partial charge in [0.1, 0.15) is 5.75 Å². The first-order chi connectivity index (χ1) is 9.47. The van der Waals surface area contributed by atoms with Crippen LogP contribution in [0.5, 0.6) is 5.75 Å². The van der Waals surface area contributed by atoms with Crippen LogP contribution in [0.4, 0.5) is 0 Å². The largest absolute Gasteiger partial charge is 0.481 e. The molecule has 0 amide bonds. The molecule has 0 N–H and O–H groups in total. The molecule has 1 unspecified atom stereocenters. The highest BCUT2D eigenvalue weighted by Crippen LogP contribution is 2.29. The first kappa shape index (κ1) is 15.7. The smallest absolute Gasteiger partial charge is 0.202 e. The third-order valence-corrected chi connectivity index (χ3v) is 4.34. The van der Waals surface area contributed by atoms with Crippen LogP contribution < -0.4 is 4.74 Å². The Kier molecular flexibility index (Phi) is 5.41. The van der Waals surface area contributed by atoms with Gasteiger partial charge >= 0.3 is 0 Å². The fraction of sp³-hybridized carbons (Fsp3) is 0.133. The van der Waals surface area contributed by atoms with Crippen molar-refractivity contribution in [3.05, 3.63) is 61.4 Å². The number of hydrogen-bond donors (Lipinski definition) is 0. The summed E-state index contributed by atoms with van der Waals surface area (Å²) >= 11 is 10.1. The van der Waals surface area contributed by atoms with Gasteiger partial charge in [0, 0.05) is 14.5 Å². The van der Waals surface area contributed by atoms with E-state index in [0.29, 0.717) is 11.3 Å². The van der Waals surface area contributed by atoms with Gasteiger partial charge in [-0.3, -0.25) is 4.79 Å². The van der Waals surface area contributed by atoms with Gasteiger partial charge in [0.2, 0.25) is 5.78 Å². The van der Waals surface area contributed by atoms with Crippen LogP contribution in [0.3, 0.4) is 0 Å². The van der Waals surface area contributed by atoms with E-state index in [4.69, 9.17) is 4.74 Å². The van der Waals surface area contributed by atoms with Crippen molar-refractivity contribution < 1.29 is 9.53 Å². The molecule has 0 aromatic heterocycles. The highest BCUT2D eigenvalue weighted by molar-refractivity contribution is 9.11. The minimum absolute atomic E-state index is 0.0488. The van der Waals surface area contributed by atoms with Crippen molar-refractivity contribution in [3.8, 4) is 5.75 Å². The van der Waals surface area contributed by atoms with Crippen molar-refractivity contribution in [3.63, 3.8) is 0 Å². The summed E-state index contributed by atoms with van der Waals surface area (Å²) in [6.07, 6.45) is -0.548. The Labute approximate surface area is 142 Å². The fourth-order valence-electron chi connectivity index (χ4n) is 1.66. The van der Waals surface area contributed by atoms with Crippen LogP contribution in [0.1, 0.15) is 17.3 Å². The Morgan fingerprint density at radius 1 is 1.00 bits per heavy atom. The Morgan fingerprint density at radius 3 is 2.20 bits per heavy atom. The van der Waals surface area contributed by atoms with Gasteiger partial charge in [-0.1, -0.05) is 44.0 Å². The van der Waals surface area contributed by atoms with E-state index in [1.54, 1.807) is 19.1 Å². The number of benzene rings is 2. The third kappa shape index (κ3) is 3.93. The SMILES string of the molecule is CC(Oc1ccc(Br)cc1Br)C(=O)c1ccc(Br)cc1. The molecule has 2 nitrogen and oxygen atoms in total. The van der Waals surface area contributed by atoms with Gasteiger partial charge in [0.15, 0.2) is 6.10 Å². The normalized spacial score (nSPS) is 12.0. The minimum Gasteiger partial charge on any atom is -0.481 e. The van der Waals surface area contributed by atoms with E-state index >= 15 is 0 Å². The van der Waals surface area contributed by atoms with Gasteiger partial charge in [0.05, 0.1) is 4.47 Å². The molecule has 0 fully saturated rings. The maximum absolute atomic E-state index is 12.3. The molecular formula is C15H11Br3O2. The minimum atomic E-state index is -0.548. The molecule has 0 radical (unpaired) electrons. The zero-order valence-electron chi connectivity index (χ0n) is 10.6.